The molecule has 274 valence electrons. The van der Waals surface area contributed by atoms with E-state index in [4.69, 9.17) is 13.9 Å². The van der Waals surface area contributed by atoms with Crippen molar-refractivity contribution in [2.75, 3.05) is 12.4 Å². The van der Waals surface area contributed by atoms with Crippen LogP contribution in [0.3, 0.4) is 0 Å². The van der Waals surface area contributed by atoms with Crippen LogP contribution in [0.2, 0.25) is 5.04 Å². The number of ketones is 1. The Morgan fingerprint density at radius 2 is 1.41 bits per heavy atom. The number of carbonyl (C=O) groups excluding carboxylic acids is 2. The zero-order valence-electron chi connectivity index (χ0n) is 31.2. The van der Waals surface area contributed by atoms with Crippen LogP contribution in [0.15, 0.2) is 95.9 Å². The quantitative estimate of drug-likeness (QED) is 0.147. The van der Waals surface area contributed by atoms with Gasteiger partial charge in [0.15, 0.2) is 9.84 Å². The lowest BCUT2D eigenvalue weighted by Gasteiger charge is -2.69. The highest BCUT2D eigenvalue weighted by atomic mass is 32.2. The second kappa shape index (κ2) is 13.6. The van der Waals surface area contributed by atoms with Crippen LogP contribution in [0.25, 0.3) is 0 Å². The van der Waals surface area contributed by atoms with Gasteiger partial charge in [0.1, 0.15) is 18.0 Å². The first-order chi connectivity index (χ1) is 24.0. The molecular formula is C42H54O7SSi. The normalized spacial score (nSPS) is 27.7. The molecule has 1 saturated heterocycles. The van der Waals surface area contributed by atoms with Gasteiger partial charge in [0, 0.05) is 13.0 Å². The van der Waals surface area contributed by atoms with E-state index in [2.05, 4.69) is 97.0 Å². The summed E-state index contributed by atoms with van der Waals surface area (Å²) in [4.78, 5) is 28.2. The van der Waals surface area contributed by atoms with Crippen molar-refractivity contribution >= 4 is 40.5 Å². The predicted octanol–water partition coefficient (Wildman–Crippen LogP) is 7.76. The van der Waals surface area contributed by atoms with Gasteiger partial charge in [0.05, 0.1) is 21.5 Å². The third kappa shape index (κ3) is 6.11. The number of Topliss-reactive ketones (excluding diaryl/α,β-unsaturated/α-hetero) is 1. The van der Waals surface area contributed by atoms with Gasteiger partial charge in [-0.15, -0.1) is 0 Å². The van der Waals surface area contributed by atoms with Gasteiger partial charge in [-0.1, -0.05) is 127 Å². The number of hydrogen-bond donors (Lipinski definition) is 0. The van der Waals surface area contributed by atoms with Gasteiger partial charge in [-0.05, 0) is 70.5 Å². The van der Waals surface area contributed by atoms with E-state index in [1.54, 1.807) is 24.3 Å². The first-order valence-electron chi connectivity index (χ1n) is 18.5. The zero-order chi connectivity index (χ0) is 36.9. The van der Waals surface area contributed by atoms with Crippen LogP contribution in [0, 0.1) is 28.1 Å². The molecule has 3 aromatic rings. The standard InChI is InChI=1S/C42H54O7SSi/c1-30(2)36-42-25-23-35(43)41(37(42)49-38(44)48-36,29-31(40(42,6)7)24-28-50(45,46)32-17-11-8-12-18-32)26-27-47-51(39(3,4)5,33-19-13-9-14-20-33)34-21-15-10-16-22-34/h8-22,30-31,36-37H,23-29H2,1-7H3/t31-,36-,37+,41+,42+/m1/s1. The Hall–Kier alpha value is -3.27. The highest BCUT2D eigenvalue weighted by molar-refractivity contribution is 7.91. The van der Waals surface area contributed by atoms with Crippen molar-refractivity contribution in [1.29, 1.82) is 0 Å². The molecule has 0 unspecified atom stereocenters. The van der Waals surface area contributed by atoms with E-state index in [0.29, 0.717) is 37.0 Å². The van der Waals surface area contributed by atoms with Crippen molar-refractivity contribution in [2.45, 2.75) is 103 Å². The topological polar surface area (TPSA) is 96.0 Å². The van der Waals surface area contributed by atoms with E-state index < -0.39 is 52.8 Å². The molecule has 6 rings (SSSR count). The van der Waals surface area contributed by atoms with Gasteiger partial charge in [0.2, 0.25) is 0 Å². The molecular weight excluding hydrogens is 677 g/mol. The second-order valence-electron chi connectivity index (χ2n) is 17.0. The molecule has 9 heteroatoms. The summed E-state index contributed by atoms with van der Waals surface area (Å²) in [6.45, 7) is 15.4. The van der Waals surface area contributed by atoms with E-state index in [-0.39, 0.29) is 35.0 Å². The molecule has 5 atom stereocenters. The van der Waals surface area contributed by atoms with Gasteiger partial charge < -0.3 is 13.9 Å². The van der Waals surface area contributed by atoms with E-state index >= 15 is 0 Å². The summed E-state index contributed by atoms with van der Waals surface area (Å²) in [7, 11) is -6.51. The third-order valence-electron chi connectivity index (χ3n) is 12.8. The molecule has 0 aromatic heterocycles. The van der Waals surface area contributed by atoms with Crippen LogP contribution in [-0.2, 0) is 28.5 Å². The SMILES string of the molecule is CC(C)[C@H]1OC(=O)O[C@H]2[C@@]3(CCO[Si](c4ccccc4)(c4ccccc4)C(C)(C)C)C[C@@H](CCS(=O)(=O)c4ccccc4)C(C)(C)[C@@]12CCC3=O. The molecule has 3 aromatic carbocycles. The average molecular weight is 731 g/mol. The molecule has 3 fully saturated rings. The molecule has 0 amide bonds. The Morgan fingerprint density at radius 1 is 0.863 bits per heavy atom. The van der Waals surface area contributed by atoms with Crippen LogP contribution < -0.4 is 10.4 Å². The Labute approximate surface area is 305 Å². The lowest BCUT2D eigenvalue weighted by atomic mass is 9.38. The highest BCUT2D eigenvalue weighted by Crippen LogP contribution is 2.70. The first kappa shape index (κ1) is 37.5. The van der Waals surface area contributed by atoms with Crippen LogP contribution in [0.5, 0.6) is 0 Å². The van der Waals surface area contributed by atoms with Crippen molar-refractivity contribution in [1.82, 2.24) is 0 Å². The van der Waals surface area contributed by atoms with Crippen molar-refractivity contribution in [2.24, 2.45) is 28.1 Å². The summed E-state index contributed by atoms with van der Waals surface area (Å²) < 4.78 is 47.0. The van der Waals surface area contributed by atoms with Crippen molar-refractivity contribution in [3.8, 4) is 0 Å². The maximum absolute atomic E-state index is 14.6. The Morgan fingerprint density at radius 3 is 1.94 bits per heavy atom. The number of cyclic esters (lactones) is 1. The third-order valence-corrected chi connectivity index (χ3v) is 19.6. The number of rotatable bonds is 11. The second-order valence-corrected chi connectivity index (χ2v) is 23.4. The molecule has 51 heavy (non-hydrogen) atoms. The lowest BCUT2D eigenvalue weighted by Crippen LogP contribution is -2.75. The minimum atomic E-state index is -3.57. The monoisotopic (exact) mass is 730 g/mol. The molecule has 1 heterocycles. The van der Waals surface area contributed by atoms with Crippen LogP contribution in [0.1, 0.15) is 80.6 Å². The van der Waals surface area contributed by atoms with E-state index in [1.165, 1.54) is 0 Å². The Kier molecular flexibility index (Phi) is 10.0. The molecule has 0 N–H and O–H groups in total. The summed E-state index contributed by atoms with van der Waals surface area (Å²) in [6, 6.07) is 29.4. The van der Waals surface area contributed by atoms with Crippen LogP contribution in [0.4, 0.5) is 4.79 Å². The maximum Gasteiger partial charge on any atom is 0.508 e. The zero-order valence-corrected chi connectivity index (χ0v) is 33.0. The Balaban J connectivity index is 1.43. The summed E-state index contributed by atoms with van der Waals surface area (Å²) in [5.41, 5.74) is -2.25. The molecule has 0 spiro atoms. The van der Waals surface area contributed by atoms with Gasteiger partial charge in [-0.25, -0.2) is 13.2 Å². The van der Waals surface area contributed by atoms with Crippen molar-refractivity contribution in [3.05, 3.63) is 91.0 Å². The molecule has 2 aliphatic carbocycles. The molecule has 7 nitrogen and oxygen atoms in total. The van der Waals surface area contributed by atoms with Gasteiger partial charge in [-0.2, -0.15) is 0 Å². The minimum absolute atomic E-state index is 0.0364. The first-order valence-corrected chi connectivity index (χ1v) is 22.0. The van der Waals surface area contributed by atoms with Gasteiger partial charge in [0.25, 0.3) is 8.32 Å². The largest absolute Gasteiger partial charge is 0.508 e. The molecule has 1 aliphatic heterocycles. The fraction of sp³-hybridized carbons (Fsp3) is 0.524. The number of ether oxygens (including phenoxy) is 2. The number of sulfone groups is 1. The van der Waals surface area contributed by atoms with E-state index in [0.717, 1.165) is 10.4 Å². The summed E-state index contributed by atoms with van der Waals surface area (Å²) >= 11 is 0. The van der Waals surface area contributed by atoms with Crippen LogP contribution in [-0.4, -0.2) is 53.2 Å². The molecule has 0 radical (unpaired) electrons. The van der Waals surface area contributed by atoms with E-state index in [1.807, 2.05) is 18.2 Å². The number of hydrogen-bond acceptors (Lipinski definition) is 7. The van der Waals surface area contributed by atoms with Gasteiger partial charge >= 0.3 is 6.16 Å². The van der Waals surface area contributed by atoms with Gasteiger partial charge in [-0.3, -0.25) is 4.79 Å². The smallest absolute Gasteiger partial charge is 0.430 e. The molecule has 3 aliphatic rings. The summed E-state index contributed by atoms with van der Waals surface area (Å²) in [5, 5.41) is 2.04. The molecule has 2 saturated carbocycles. The lowest BCUT2D eigenvalue weighted by molar-refractivity contribution is -0.290. The van der Waals surface area contributed by atoms with Crippen molar-refractivity contribution < 1.29 is 31.9 Å². The summed E-state index contributed by atoms with van der Waals surface area (Å²) in [6.07, 6.45) is 0.0785. The fourth-order valence-corrected chi connectivity index (χ4v) is 16.2. The Bertz CT molecular complexity index is 1780. The van der Waals surface area contributed by atoms with Crippen LogP contribution >= 0.6 is 0 Å². The predicted molar refractivity (Wildman–Crippen MR) is 202 cm³/mol. The maximum atomic E-state index is 14.6. The molecule has 2 bridgehead atoms. The number of benzene rings is 3. The average Bonchev–Trinajstić information content (AvgIpc) is 3.09. The summed E-state index contributed by atoms with van der Waals surface area (Å²) in [5.74, 6) is -0.170. The fourth-order valence-electron chi connectivity index (χ4n) is 10.3. The van der Waals surface area contributed by atoms with Crippen molar-refractivity contribution in [3.63, 3.8) is 0 Å². The minimum Gasteiger partial charge on any atom is -0.430 e. The van der Waals surface area contributed by atoms with E-state index in [9.17, 15) is 18.0 Å². The highest BCUT2D eigenvalue weighted by Gasteiger charge is 2.75. The number of carbonyl (C=O) groups is 2.